The largest absolute Gasteiger partial charge is 0.456 e. The van der Waals surface area contributed by atoms with E-state index in [1.54, 1.807) is 12.4 Å². The molecule has 2 aromatic carbocycles. The number of para-hydroxylation sites is 1. The first-order valence-electron chi connectivity index (χ1n) is 10.2. The van der Waals surface area contributed by atoms with Crippen molar-refractivity contribution in [3.8, 4) is 11.3 Å². The molecule has 5 heteroatoms. The molecular formula is C26H21N3O2. The predicted octanol–water partition coefficient (Wildman–Crippen LogP) is 5.84. The van der Waals surface area contributed by atoms with Crippen LogP contribution in [0.15, 0.2) is 77.5 Å². The Kier molecular flexibility index (Phi) is 4.71. The zero-order valence-electron chi connectivity index (χ0n) is 17.3. The number of hydrogen-bond donors (Lipinski definition) is 1. The molecule has 152 valence electrons. The number of aromatic nitrogens is 2. The highest BCUT2D eigenvalue weighted by Crippen LogP contribution is 2.30. The van der Waals surface area contributed by atoms with E-state index in [2.05, 4.69) is 15.3 Å². The van der Waals surface area contributed by atoms with Crippen molar-refractivity contribution in [2.75, 3.05) is 5.32 Å². The average Bonchev–Trinajstić information content (AvgIpc) is 3.11. The van der Waals surface area contributed by atoms with Gasteiger partial charge in [-0.05, 0) is 55.3 Å². The van der Waals surface area contributed by atoms with Crippen LogP contribution in [0, 0.1) is 13.8 Å². The topological polar surface area (TPSA) is 68.0 Å². The average molecular weight is 407 g/mol. The summed E-state index contributed by atoms with van der Waals surface area (Å²) in [6.07, 6.45) is 3.80. The number of carbonyl (C=O) groups excluding carboxylic acids is 1. The second-order valence-corrected chi connectivity index (χ2v) is 7.73. The van der Waals surface area contributed by atoms with Gasteiger partial charge in [0.1, 0.15) is 11.2 Å². The third-order valence-electron chi connectivity index (χ3n) is 5.33. The van der Waals surface area contributed by atoms with Crippen molar-refractivity contribution in [1.29, 1.82) is 0 Å². The maximum absolute atomic E-state index is 12.6. The van der Waals surface area contributed by atoms with Gasteiger partial charge >= 0.3 is 0 Å². The van der Waals surface area contributed by atoms with Gasteiger partial charge in [0.2, 0.25) is 5.91 Å². The van der Waals surface area contributed by atoms with Gasteiger partial charge in [-0.1, -0.05) is 24.3 Å². The smallest absolute Gasteiger partial charge is 0.228 e. The number of furan rings is 1. The fourth-order valence-electron chi connectivity index (χ4n) is 3.92. The lowest BCUT2D eigenvalue weighted by molar-refractivity contribution is -0.115. The van der Waals surface area contributed by atoms with Crippen molar-refractivity contribution in [2.45, 2.75) is 20.3 Å². The Labute approximate surface area is 179 Å². The fraction of sp³-hybridized carbons (Fsp3) is 0.115. The van der Waals surface area contributed by atoms with Gasteiger partial charge in [0.15, 0.2) is 0 Å². The third-order valence-corrected chi connectivity index (χ3v) is 5.33. The zero-order valence-corrected chi connectivity index (χ0v) is 17.3. The van der Waals surface area contributed by atoms with Crippen molar-refractivity contribution in [3.05, 3.63) is 89.9 Å². The molecule has 3 aromatic heterocycles. The van der Waals surface area contributed by atoms with Crippen LogP contribution in [-0.2, 0) is 11.2 Å². The molecule has 5 aromatic rings. The lowest BCUT2D eigenvalue weighted by Crippen LogP contribution is -2.14. The first-order valence-corrected chi connectivity index (χ1v) is 10.2. The lowest BCUT2D eigenvalue weighted by Gasteiger charge is -2.09. The molecule has 0 bridgehead atoms. The number of nitrogens with zero attached hydrogens (tertiary/aromatic N) is 2. The summed E-state index contributed by atoms with van der Waals surface area (Å²) < 4.78 is 5.91. The zero-order chi connectivity index (χ0) is 21.4. The second kappa shape index (κ2) is 7.69. The summed E-state index contributed by atoms with van der Waals surface area (Å²) in [6, 6.07) is 19.6. The SMILES string of the molecule is Cc1cc(-c2ncc(CC(=O)Nc3ccc4c(c3)oc3ccccc34)cc2C)ccn1. The van der Waals surface area contributed by atoms with Crippen LogP contribution in [0.3, 0.4) is 0 Å². The number of fused-ring (bicyclic) bond motifs is 3. The fourth-order valence-corrected chi connectivity index (χ4v) is 3.92. The van der Waals surface area contributed by atoms with E-state index in [1.807, 2.05) is 74.5 Å². The molecular weight excluding hydrogens is 386 g/mol. The minimum absolute atomic E-state index is 0.0934. The molecule has 5 rings (SSSR count). The van der Waals surface area contributed by atoms with Gasteiger partial charge in [0.25, 0.3) is 0 Å². The third kappa shape index (κ3) is 3.78. The summed E-state index contributed by atoms with van der Waals surface area (Å²) in [7, 11) is 0. The maximum atomic E-state index is 12.6. The summed E-state index contributed by atoms with van der Waals surface area (Å²) in [6.45, 7) is 3.97. The van der Waals surface area contributed by atoms with Gasteiger partial charge in [0, 0.05) is 46.2 Å². The van der Waals surface area contributed by atoms with E-state index in [0.717, 1.165) is 50.0 Å². The van der Waals surface area contributed by atoms with Crippen molar-refractivity contribution >= 4 is 33.5 Å². The molecule has 5 nitrogen and oxygen atoms in total. The Morgan fingerprint density at radius 1 is 0.935 bits per heavy atom. The van der Waals surface area contributed by atoms with E-state index in [9.17, 15) is 4.79 Å². The van der Waals surface area contributed by atoms with E-state index in [-0.39, 0.29) is 12.3 Å². The molecule has 0 fully saturated rings. The Morgan fingerprint density at radius 3 is 2.61 bits per heavy atom. The number of pyridine rings is 2. The van der Waals surface area contributed by atoms with Crippen molar-refractivity contribution in [2.24, 2.45) is 0 Å². The molecule has 31 heavy (non-hydrogen) atoms. The summed E-state index contributed by atoms with van der Waals surface area (Å²) in [4.78, 5) is 21.5. The van der Waals surface area contributed by atoms with Gasteiger partial charge in [-0.2, -0.15) is 0 Å². The standard InChI is InChI=1S/C26H21N3O2/c1-16-11-18(15-28-26(16)19-9-10-27-17(2)12-19)13-25(30)29-20-7-8-22-21-5-3-4-6-23(21)31-24(22)14-20/h3-12,14-15H,13H2,1-2H3,(H,29,30). The number of rotatable bonds is 4. The van der Waals surface area contributed by atoms with Crippen LogP contribution in [0.1, 0.15) is 16.8 Å². The van der Waals surface area contributed by atoms with E-state index in [0.29, 0.717) is 5.69 Å². The minimum atomic E-state index is -0.0934. The van der Waals surface area contributed by atoms with Crippen LogP contribution in [0.5, 0.6) is 0 Å². The number of aryl methyl sites for hydroxylation is 2. The molecule has 0 aliphatic carbocycles. The van der Waals surface area contributed by atoms with Crippen molar-refractivity contribution in [3.63, 3.8) is 0 Å². The van der Waals surface area contributed by atoms with Crippen LogP contribution in [0.25, 0.3) is 33.2 Å². The van der Waals surface area contributed by atoms with Crippen LogP contribution in [0.4, 0.5) is 5.69 Å². The quantitative estimate of drug-likeness (QED) is 0.406. The molecule has 1 amide bonds. The minimum Gasteiger partial charge on any atom is -0.456 e. The predicted molar refractivity (Wildman–Crippen MR) is 123 cm³/mol. The first-order chi connectivity index (χ1) is 15.1. The van der Waals surface area contributed by atoms with Crippen molar-refractivity contribution < 1.29 is 9.21 Å². The molecule has 3 heterocycles. The highest BCUT2D eigenvalue weighted by atomic mass is 16.3. The van der Waals surface area contributed by atoms with E-state index >= 15 is 0 Å². The Balaban J connectivity index is 1.33. The summed E-state index contributed by atoms with van der Waals surface area (Å²) in [5.74, 6) is -0.0934. The number of amides is 1. The number of benzene rings is 2. The van der Waals surface area contributed by atoms with Crippen LogP contribution < -0.4 is 5.32 Å². The van der Waals surface area contributed by atoms with E-state index < -0.39 is 0 Å². The number of hydrogen-bond acceptors (Lipinski definition) is 4. The highest BCUT2D eigenvalue weighted by molar-refractivity contribution is 6.06. The molecule has 0 radical (unpaired) electrons. The Hall–Kier alpha value is -3.99. The summed E-state index contributed by atoms with van der Waals surface area (Å²) in [5, 5.41) is 5.07. The number of nitrogens with one attached hydrogen (secondary N) is 1. The van der Waals surface area contributed by atoms with E-state index in [4.69, 9.17) is 4.42 Å². The van der Waals surface area contributed by atoms with Gasteiger partial charge in [-0.15, -0.1) is 0 Å². The molecule has 0 saturated heterocycles. The number of carbonyl (C=O) groups is 1. The number of anilines is 1. The van der Waals surface area contributed by atoms with Gasteiger partial charge in [-0.25, -0.2) is 0 Å². The van der Waals surface area contributed by atoms with Crippen LogP contribution in [-0.4, -0.2) is 15.9 Å². The molecule has 0 unspecified atom stereocenters. The van der Waals surface area contributed by atoms with Gasteiger partial charge in [0.05, 0.1) is 12.1 Å². The molecule has 0 aliphatic rings. The highest BCUT2D eigenvalue weighted by Gasteiger charge is 2.11. The molecule has 1 N–H and O–H groups in total. The maximum Gasteiger partial charge on any atom is 0.228 e. The summed E-state index contributed by atoms with van der Waals surface area (Å²) >= 11 is 0. The van der Waals surface area contributed by atoms with E-state index in [1.165, 1.54) is 0 Å². The Morgan fingerprint density at radius 2 is 1.77 bits per heavy atom. The Bertz CT molecular complexity index is 1440. The van der Waals surface area contributed by atoms with Crippen LogP contribution in [0.2, 0.25) is 0 Å². The monoisotopic (exact) mass is 407 g/mol. The molecule has 0 aliphatic heterocycles. The van der Waals surface area contributed by atoms with Crippen LogP contribution >= 0.6 is 0 Å². The molecule has 0 atom stereocenters. The molecule has 0 spiro atoms. The van der Waals surface area contributed by atoms with Gasteiger partial charge in [-0.3, -0.25) is 14.8 Å². The molecule has 0 saturated carbocycles. The second-order valence-electron chi connectivity index (χ2n) is 7.73. The first kappa shape index (κ1) is 19.0. The summed E-state index contributed by atoms with van der Waals surface area (Å²) in [5.41, 5.74) is 7.09. The lowest BCUT2D eigenvalue weighted by atomic mass is 10.0. The van der Waals surface area contributed by atoms with Gasteiger partial charge < -0.3 is 9.73 Å². The van der Waals surface area contributed by atoms with Crippen molar-refractivity contribution in [1.82, 2.24) is 9.97 Å². The normalized spacial score (nSPS) is 11.2.